The van der Waals surface area contributed by atoms with Crippen molar-refractivity contribution in [3.8, 4) is 11.3 Å². The SMILES string of the molecule is Cc1ccccc1-c1cc(N)n(C(C)C)n1. The smallest absolute Gasteiger partial charge is 0.122 e. The minimum absolute atomic E-state index is 0.290. The molecule has 2 aromatic rings. The van der Waals surface area contributed by atoms with Crippen LogP contribution in [0.25, 0.3) is 11.3 Å². The van der Waals surface area contributed by atoms with Crippen molar-refractivity contribution in [2.75, 3.05) is 5.73 Å². The summed E-state index contributed by atoms with van der Waals surface area (Å²) in [4.78, 5) is 0. The normalized spacial score (nSPS) is 11.0. The molecule has 2 N–H and O–H groups in total. The van der Waals surface area contributed by atoms with Crippen LogP contribution in [0.5, 0.6) is 0 Å². The first kappa shape index (κ1) is 10.7. The summed E-state index contributed by atoms with van der Waals surface area (Å²) >= 11 is 0. The van der Waals surface area contributed by atoms with Crippen LogP contribution in [0.1, 0.15) is 25.5 Å². The summed E-state index contributed by atoms with van der Waals surface area (Å²) in [6.07, 6.45) is 0. The second kappa shape index (κ2) is 4.00. The molecule has 0 amide bonds. The largest absolute Gasteiger partial charge is 0.384 e. The quantitative estimate of drug-likeness (QED) is 0.836. The fraction of sp³-hybridized carbons (Fsp3) is 0.308. The maximum atomic E-state index is 5.93. The molecule has 0 saturated carbocycles. The van der Waals surface area contributed by atoms with Gasteiger partial charge in [0.1, 0.15) is 5.82 Å². The average molecular weight is 215 g/mol. The van der Waals surface area contributed by atoms with E-state index in [9.17, 15) is 0 Å². The van der Waals surface area contributed by atoms with E-state index in [0.29, 0.717) is 5.82 Å². The molecule has 0 unspecified atom stereocenters. The summed E-state index contributed by atoms with van der Waals surface area (Å²) < 4.78 is 1.85. The van der Waals surface area contributed by atoms with E-state index in [1.165, 1.54) is 5.56 Å². The molecule has 3 nitrogen and oxygen atoms in total. The lowest BCUT2D eigenvalue weighted by Crippen LogP contribution is -2.06. The predicted molar refractivity (Wildman–Crippen MR) is 67.2 cm³/mol. The third kappa shape index (κ3) is 1.81. The molecular weight excluding hydrogens is 198 g/mol. The summed E-state index contributed by atoms with van der Waals surface area (Å²) in [5, 5.41) is 4.53. The van der Waals surface area contributed by atoms with Gasteiger partial charge in [-0.1, -0.05) is 24.3 Å². The molecule has 1 heterocycles. The maximum Gasteiger partial charge on any atom is 0.122 e. The highest BCUT2D eigenvalue weighted by molar-refractivity contribution is 5.65. The number of aromatic nitrogens is 2. The number of hydrogen-bond acceptors (Lipinski definition) is 2. The van der Waals surface area contributed by atoms with Gasteiger partial charge >= 0.3 is 0 Å². The molecule has 0 aliphatic carbocycles. The van der Waals surface area contributed by atoms with E-state index in [-0.39, 0.29) is 6.04 Å². The van der Waals surface area contributed by atoms with Gasteiger partial charge in [-0.25, -0.2) is 4.68 Å². The molecule has 0 spiro atoms. The van der Waals surface area contributed by atoms with Gasteiger partial charge in [-0.3, -0.25) is 0 Å². The van der Waals surface area contributed by atoms with Gasteiger partial charge in [0.05, 0.1) is 5.69 Å². The Morgan fingerprint density at radius 3 is 2.50 bits per heavy atom. The van der Waals surface area contributed by atoms with Gasteiger partial charge < -0.3 is 5.73 Å². The van der Waals surface area contributed by atoms with Crippen molar-refractivity contribution < 1.29 is 0 Å². The van der Waals surface area contributed by atoms with E-state index in [1.807, 2.05) is 22.9 Å². The molecule has 2 rings (SSSR count). The Labute approximate surface area is 95.9 Å². The lowest BCUT2D eigenvalue weighted by Gasteiger charge is -2.06. The zero-order valence-corrected chi connectivity index (χ0v) is 9.94. The van der Waals surface area contributed by atoms with Crippen molar-refractivity contribution in [1.29, 1.82) is 0 Å². The van der Waals surface area contributed by atoms with Crippen molar-refractivity contribution in [3.05, 3.63) is 35.9 Å². The monoisotopic (exact) mass is 215 g/mol. The van der Waals surface area contributed by atoms with Gasteiger partial charge in [0.2, 0.25) is 0 Å². The van der Waals surface area contributed by atoms with Gasteiger partial charge in [0, 0.05) is 17.7 Å². The topological polar surface area (TPSA) is 43.8 Å². The fourth-order valence-electron chi connectivity index (χ4n) is 1.81. The van der Waals surface area contributed by atoms with Crippen LogP contribution in [0.3, 0.4) is 0 Å². The minimum atomic E-state index is 0.290. The molecule has 0 aliphatic rings. The van der Waals surface area contributed by atoms with Gasteiger partial charge in [-0.15, -0.1) is 0 Å². The van der Waals surface area contributed by atoms with Crippen molar-refractivity contribution in [1.82, 2.24) is 9.78 Å². The highest BCUT2D eigenvalue weighted by Gasteiger charge is 2.10. The van der Waals surface area contributed by atoms with E-state index in [2.05, 4.69) is 38.0 Å². The first-order valence-corrected chi connectivity index (χ1v) is 5.50. The Balaban J connectivity index is 2.50. The number of anilines is 1. The third-order valence-corrected chi connectivity index (χ3v) is 2.67. The molecule has 16 heavy (non-hydrogen) atoms. The maximum absolute atomic E-state index is 5.93. The number of benzene rings is 1. The molecule has 0 atom stereocenters. The molecule has 0 saturated heterocycles. The average Bonchev–Trinajstić information content (AvgIpc) is 2.61. The second-order valence-corrected chi connectivity index (χ2v) is 4.31. The predicted octanol–water partition coefficient (Wildman–Crippen LogP) is 3.02. The Kier molecular flexibility index (Phi) is 2.69. The number of rotatable bonds is 2. The zero-order valence-electron chi connectivity index (χ0n) is 9.94. The Morgan fingerprint density at radius 1 is 1.25 bits per heavy atom. The van der Waals surface area contributed by atoms with Crippen LogP contribution in [0.4, 0.5) is 5.82 Å². The minimum Gasteiger partial charge on any atom is -0.384 e. The van der Waals surface area contributed by atoms with E-state index in [4.69, 9.17) is 5.73 Å². The second-order valence-electron chi connectivity index (χ2n) is 4.31. The molecule has 0 aliphatic heterocycles. The van der Waals surface area contributed by atoms with Gasteiger partial charge in [-0.05, 0) is 26.3 Å². The van der Waals surface area contributed by atoms with Crippen molar-refractivity contribution in [2.24, 2.45) is 0 Å². The van der Waals surface area contributed by atoms with E-state index >= 15 is 0 Å². The summed E-state index contributed by atoms with van der Waals surface area (Å²) in [7, 11) is 0. The fourth-order valence-corrected chi connectivity index (χ4v) is 1.81. The summed E-state index contributed by atoms with van der Waals surface area (Å²) in [6, 6.07) is 10.4. The van der Waals surface area contributed by atoms with Gasteiger partial charge in [0.25, 0.3) is 0 Å². The molecule has 0 radical (unpaired) electrons. The van der Waals surface area contributed by atoms with E-state index in [0.717, 1.165) is 11.3 Å². The first-order chi connectivity index (χ1) is 7.59. The number of aryl methyl sites for hydroxylation is 1. The Bertz CT molecular complexity index is 498. The van der Waals surface area contributed by atoms with Crippen LogP contribution in [-0.2, 0) is 0 Å². The van der Waals surface area contributed by atoms with Crippen molar-refractivity contribution in [2.45, 2.75) is 26.8 Å². The highest BCUT2D eigenvalue weighted by atomic mass is 15.3. The molecule has 0 fully saturated rings. The van der Waals surface area contributed by atoms with Crippen LogP contribution in [0.2, 0.25) is 0 Å². The summed E-state index contributed by atoms with van der Waals surface area (Å²) in [5.41, 5.74) is 9.24. The molecule has 1 aromatic heterocycles. The number of nitrogens with two attached hydrogens (primary N) is 1. The molecule has 0 bridgehead atoms. The van der Waals surface area contributed by atoms with Crippen molar-refractivity contribution in [3.63, 3.8) is 0 Å². The molecule has 84 valence electrons. The van der Waals surface area contributed by atoms with Gasteiger partial charge in [-0.2, -0.15) is 5.10 Å². The van der Waals surface area contributed by atoms with Crippen LogP contribution >= 0.6 is 0 Å². The number of nitrogens with zero attached hydrogens (tertiary/aromatic N) is 2. The van der Waals surface area contributed by atoms with E-state index < -0.39 is 0 Å². The number of nitrogen functional groups attached to an aromatic ring is 1. The summed E-state index contributed by atoms with van der Waals surface area (Å²) in [6.45, 7) is 6.23. The number of hydrogen-bond donors (Lipinski definition) is 1. The van der Waals surface area contributed by atoms with Crippen molar-refractivity contribution >= 4 is 5.82 Å². The summed E-state index contributed by atoms with van der Waals surface area (Å²) in [5.74, 6) is 0.716. The molecule has 3 heteroatoms. The van der Waals surface area contributed by atoms with Crippen LogP contribution in [0.15, 0.2) is 30.3 Å². The van der Waals surface area contributed by atoms with Crippen LogP contribution in [0, 0.1) is 6.92 Å². The highest BCUT2D eigenvalue weighted by Crippen LogP contribution is 2.25. The Hall–Kier alpha value is -1.77. The molecular formula is C13H17N3. The standard InChI is InChI=1S/C13H17N3/c1-9(2)16-13(14)8-12(15-16)11-7-5-4-6-10(11)3/h4-9H,14H2,1-3H3. The van der Waals surface area contributed by atoms with Crippen LogP contribution in [-0.4, -0.2) is 9.78 Å². The Morgan fingerprint density at radius 2 is 1.94 bits per heavy atom. The van der Waals surface area contributed by atoms with Crippen LogP contribution < -0.4 is 5.73 Å². The first-order valence-electron chi connectivity index (χ1n) is 5.50. The van der Waals surface area contributed by atoms with Gasteiger partial charge in [0.15, 0.2) is 0 Å². The molecule has 1 aromatic carbocycles. The van der Waals surface area contributed by atoms with E-state index in [1.54, 1.807) is 0 Å². The lowest BCUT2D eigenvalue weighted by molar-refractivity contribution is 0.542. The lowest BCUT2D eigenvalue weighted by atomic mass is 10.1. The third-order valence-electron chi connectivity index (χ3n) is 2.67. The zero-order chi connectivity index (χ0) is 11.7.